The zero-order chi connectivity index (χ0) is 18.6. The summed E-state index contributed by atoms with van der Waals surface area (Å²) in [5.41, 5.74) is 2.25. The Kier molecular flexibility index (Phi) is 5.39. The number of methoxy groups -OCH3 is 1. The summed E-state index contributed by atoms with van der Waals surface area (Å²) in [4.78, 5) is 0.239. The van der Waals surface area contributed by atoms with Crippen molar-refractivity contribution in [3.8, 4) is 17.1 Å². The Hall–Kier alpha value is -2.64. The lowest BCUT2D eigenvalue weighted by molar-refractivity contribution is 0.414. The van der Waals surface area contributed by atoms with Gasteiger partial charge in [0.25, 0.3) is 0 Å². The van der Waals surface area contributed by atoms with Crippen LogP contribution in [0.25, 0.3) is 11.3 Å². The van der Waals surface area contributed by atoms with Crippen molar-refractivity contribution in [3.05, 3.63) is 65.9 Å². The first-order chi connectivity index (χ1) is 12.5. The molecule has 3 aromatic rings. The second kappa shape index (κ2) is 7.72. The maximum Gasteiger partial charge on any atom is 0.240 e. The van der Waals surface area contributed by atoms with E-state index in [1.165, 1.54) is 0 Å². The van der Waals surface area contributed by atoms with Crippen LogP contribution in [0.5, 0.6) is 5.75 Å². The van der Waals surface area contributed by atoms with Crippen molar-refractivity contribution in [2.45, 2.75) is 18.2 Å². The SMILES string of the molecule is COc1ccc(S(=O)(=O)NCCc2cc(-c3ccccc3)on2)c(C)c1. The molecule has 0 fully saturated rings. The largest absolute Gasteiger partial charge is 0.497 e. The van der Waals surface area contributed by atoms with Crippen LogP contribution in [0.4, 0.5) is 0 Å². The van der Waals surface area contributed by atoms with Crippen molar-refractivity contribution in [1.82, 2.24) is 9.88 Å². The molecule has 0 bridgehead atoms. The summed E-state index contributed by atoms with van der Waals surface area (Å²) in [6, 6.07) is 16.3. The van der Waals surface area contributed by atoms with Gasteiger partial charge in [-0.05, 0) is 30.7 Å². The number of hydrogen-bond acceptors (Lipinski definition) is 5. The fourth-order valence-electron chi connectivity index (χ4n) is 2.61. The van der Waals surface area contributed by atoms with Crippen LogP contribution in [-0.4, -0.2) is 27.2 Å². The van der Waals surface area contributed by atoms with Crippen LogP contribution >= 0.6 is 0 Å². The predicted molar refractivity (Wildman–Crippen MR) is 98.6 cm³/mol. The molecular weight excluding hydrogens is 352 g/mol. The molecule has 26 heavy (non-hydrogen) atoms. The number of sulfonamides is 1. The number of ether oxygens (including phenoxy) is 1. The first-order valence-electron chi connectivity index (χ1n) is 8.15. The van der Waals surface area contributed by atoms with E-state index in [1.807, 2.05) is 36.4 Å². The molecule has 0 aliphatic heterocycles. The van der Waals surface area contributed by atoms with Gasteiger partial charge in [0, 0.05) is 24.6 Å². The molecule has 0 atom stereocenters. The molecule has 136 valence electrons. The van der Waals surface area contributed by atoms with Gasteiger partial charge in [-0.15, -0.1) is 0 Å². The molecule has 2 aromatic carbocycles. The molecule has 1 heterocycles. The highest BCUT2D eigenvalue weighted by Gasteiger charge is 2.17. The molecule has 7 heteroatoms. The summed E-state index contributed by atoms with van der Waals surface area (Å²) < 4.78 is 38.0. The van der Waals surface area contributed by atoms with E-state index in [4.69, 9.17) is 9.26 Å². The van der Waals surface area contributed by atoms with E-state index in [1.54, 1.807) is 32.2 Å². The third-order valence-corrected chi connectivity index (χ3v) is 5.58. The van der Waals surface area contributed by atoms with E-state index in [9.17, 15) is 8.42 Å². The van der Waals surface area contributed by atoms with Crippen molar-refractivity contribution >= 4 is 10.0 Å². The Morgan fingerprint density at radius 1 is 1.12 bits per heavy atom. The van der Waals surface area contributed by atoms with E-state index < -0.39 is 10.0 Å². The maximum atomic E-state index is 12.5. The van der Waals surface area contributed by atoms with Gasteiger partial charge in [0.2, 0.25) is 10.0 Å². The van der Waals surface area contributed by atoms with Gasteiger partial charge in [0.05, 0.1) is 17.7 Å². The van der Waals surface area contributed by atoms with Crippen LogP contribution in [-0.2, 0) is 16.4 Å². The van der Waals surface area contributed by atoms with Crippen molar-refractivity contribution in [2.75, 3.05) is 13.7 Å². The molecule has 6 nitrogen and oxygen atoms in total. The molecule has 0 spiro atoms. The number of hydrogen-bond donors (Lipinski definition) is 1. The fourth-order valence-corrected chi connectivity index (χ4v) is 3.87. The zero-order valence-electron chi connectivity index (χ0n) is 14.6. The molecular formula is C19H20N2O4S. The average molecular weight is 372 g/mol. The first-order valence-corrected chi connectivity index (χ1v) is 9.63. The molecule has 1 aromatic heterocycles. The molecule has 3 rings (SSSR count). The number of rotatable bonds is 7. The number of aromatic nitrogens is 1. The van der Waals surface area contributed by atoms with E-state index in [0.29, 0.717) is 29.2 Å². The molecule has 0 saturated heterocycles. The lowest BCUT2D eigenvalue weighted by Gasteiger charge is -2.10. The van der Waals surface area contributed by atoms with Crippen molar-refractivity contribution in [1.29, 1.82) is 0 Å². The number of benzene rings is 2. The highest BCUT2D eigenvalue weighted by molar-refractivity contribution is 7.89. The van der Waals surface area contributed by atoms with Gasteiger partial charge >= 0.3 is 0 Å². The van der Waals surface area contributed by atoms with Crippen LogP contribution in [0, 0.1) is 6.92 Å². The second-order valence-electron chi connectivity index (χ2n) is 5.83. The monoisotopic (exact) mass is 372 g/mol. The minimum absolute atomic E-state index is 0.231. The molecule has 0 aliphatic carbocycles. The van der Waals surface area contributed by atoms with E-state index in [0.717, 1.165) is 5.56 Å². The Balaban J connectivity index is 1.63. The zero-order valence-corrected chi connectivity index (χ0v) is 15.4. The van der Waals surface area contributed by atoms with Gasteiger partial charge in [0.15, 0.2) is 5.76 Å². The van der Waals surface area contributed by atoms with Crippen molar-refractivity contribution in [3.63, 3.8) is 0 Å². The summed E-state index contributed by atoms with van der Waals surface area (Å²) in [7, 11) is -2.05. The van der Waals surface area contributed by atoms with E-state index in [2.05, 4.69) is 9.88 Å². The van der Waals surface area contributed by atoms with Gasteiger partial charge < -0.3 is 9.26 Å². The van der Waals surface area contributed by atoms with E-state index >= 15 is 0 Å². The fraction of sp³-hybridized carbons (Fsp3) is 0.211. The minimum atomic E-state index is -3.60. The lowest BCUT2D eigenvalue weighted by atomic mass is 10.1. The van der Waals surface area contributed by atoms with Gasteiger partial charge in [-0.1, -0.05) is 35.5 Å². The summed E-state index contributed by atoms with van der Waals surface area (Å²) in [6.07, 6.45) is 0.435. The summed E-state index contributed by atoms with van der Waals surface area (Å²) in [6.45, 7) is 1.97. The number of nitrogens with zero attached hydrogens (tertiary/aromatic N) is 1. The molecule has 0 unspecified atom stereocenters. The van der Waals surface area contributed by atoms with Crippen LogP contribution in [0.3, 0.4) is 0 Å². The molecule has 0 aliphatic rings. The van der Waals surface area contributed by atoms with E-state index in [-0.39, 0.29) is 11.4 Å². The van der Waals surface area contributed by atoms with Gasteiger partial charge in [-0.2, -0.15) is 0 Å². The Morgan fingerprint density at radius 2 is 1.88 bits per heavy atom. The topological polar surface area (TPSA) is 81.4 Å². The van der Waals surface area contributed by atoms with Crippen LogP contribution < -0.4 is 9.46 Å². The predicted octanol–water partition coefficient (Wildman–Crippen LogP) is 3.18. The normalized spacial score (nSPS) is 11.5. The lowest BCUT2D eigenvalue weighted by Crippen LogP contribution is -2.26. The molecule has 1 N–H and O–H groups in total. The van der Waals surface area contributed by atoms with Gasteiger partial charge in [0.1, 0.15) is 5.75 Å². The number of nitrogens with one attached hydrogen (secondary N) is 1. The van der Waals surface area contributed by atoms with Crippen molar-refractivity contribution in [2.24, 2.45) is 0 Å². The van der Waals surface area contributed by atoms with Gasteiger partial charge in [-0.3, -0.25) is 0 Å². The smallest absolute Gasteiger partial charge is 0.240 e. The third kappa shape index (κ3) is 4.12. The summed E-state index contributed by atoms with van der Waals surface area (Å²) in [5.74, 6) is 1.28. The molecule has 0 amide bonds. The minimum Gasteiger partial charge on any atom is -0.497 e. The van der Waals surface area contributed by atoms with Crippen molar-refractivity contribution < 1.29 is 17.7 Å². The second-order valence-corrected chi connectivity index (χ2v) is 7.56. The van der Waals surface area contributed by atoms with Crippen LogP contribution in [0.1, 0.15) is 11.3 Å². The van der Waals surface area contributed by atoms with Crippen LogP contribution in [0.2, 0.25) is 0 Å². The quantitative estimate of drug-likeness (QED) is 0.689. The molecule has 0 saturated carbocycles. The first kappa shape index (κ1) is 18.2. The highest BCUT2D eigenvalue weighted by Crippen LogP contribution is 2.21. The maximum absolute atomic E-state index is 12.5. The summed E-state index contributed by atoms with van der Waals surface area (Å²) >= 11 is 0. The Bertz CT molecular complexity index is 982. The standard InChI is InChI=1S/C19H20N2O4S/c1-14-12-17(24-2)8-9-19(14)26(22,23)20-11-10-16-13-18(25-21-16)15-6-4-3-5-7-15/h3-9,12-13,20H,10-11H2,1-2H3. The molecule has 0 radical (unpaired) electrons. The number of aryl methyl sites for hydroxylation is 1. The summed E-state index contributed by atoms with van der Waals surface area (Å²) in [5, 5.41) is 4.00. The van der Waals surface area contributed by atoms with Crippen LogP contribution in [0.15, 0.2) is 64.0 Å². The highest BCUT2D eigenvalue weighted by atomic mass is 32.2. The Labute approximate surface area is 152 Å². The third-order valence-electron chi connectivity index (χ3n) is 3.96. The Morgan fingerprint density at radius 3 is 2.58 bits per heavy atom. The van der Waals surface area contributed by atoms with Gasteiger partial charge in [-0.25, -0.2) is 13.1 Å². The average Bonchev–Trinajstić information content (AvgIpc) is 3.11.